The molecule has 0 N–H and O–H groups in total. The summed E-state index contributed by atoms with van der Waals surface area (Å²) in [6, 6.07) is 0. The monoisotopic (exact) mass is 232 g/mol. The Morgan fingerprint density at radius 3 is 1.00 bits per heavy atom. The number of hydrogen-bond acceptors (Lipinski definition) is 4. The van der Waals surface area contributed by atoms with Crippen molar-refractivity contribution in [2.45, 2.75) is 0 Å². The molecule has 0 aliphatic heterocycles. The van der Waals surface area contributed by atoms with E-state index in [4.69, 9.17) is 21.0 Å². The van der Waals surface area contributed by atoms with E-state index in [1.165, 1.54) is 0 Å². The van der Waals surface area contributed by atoms with Crippen molar-refractivity contribution in [3.63, 3.8) is 0 Å². The van der Waals surface area contributed by atoms with Crippen LogP contribution in [0.4, 0.5) is 0 Å². The van der Waals surface area contributed by atoms with E-state index in [1.807, 2.05) is 0 Å². The second-order valence-electron chi connectivity index (χ2n) is 2.61. The van der Waals surface area contributed by atoms with E-state index in [1.54, 1.807) is 0 Å². The van der Waals surface area contributed by atoms with Crippen LogP contribution in [0, 0.1) is 9.81 Å². The Hall–Kier alpha value is -0.361. The van der Waals surface area contributed by atoms with Gasteiger partial charge in [-0.1, -0.05) is 0 Å². The van der Waals surface area contributed by atoms with Gasteiger partial charge in [0.2, 0.25) is 0 Å². The molecule has 0 saturated carbocycles. The standard InChI is InChI=1S/C6H16N2.Fe.2NO/c1-7(2)5-6-8(3)4;;2*1-2/h5-6H2,1-4H3;;;/q;+2;;. The molecular formula is C6H16FeN4O2+2. The molecule has 0 aromatic rings. The summed E-state index contributed by atoms with van der Waals surface area (Å²) in [4.78, 5) is 18.9. The first-order valence-electron chi connectivity index (χ1n) is 3.29. The van der Waals surface area contributed by atoms with Crippen LogP contribution in [-0.4, -0.2) is 51.1 Å². The third kappa shape index (κ3) is 50.2. The fourth-order valence-electron chi connectivity index (χ4n) is 0.400. The number of likely N-dealkylation sites (N-methyl/N-ethyl adjacent to an activating group) is 2. The number of rotatable bonds is 3. The van der Waals surface area contributed by atoms with Crippen LogP contribution in [-0.2, 0) is 17.1 Å². The van der Waals surface area contributed by atoms with Crippen molar-refractivity contribution in [3.8, 4) is 0 Å². The Balaban J connectivity index is -0.0000000712. The Morgan fingerprint density at radius 1 is 0.769 bits per heavy atom. The normalized spacial score (nSPS) is 7.54. The van der Waals surface area contributed by atoms with E-state index in [2.05, 4.69) is 38.0 Å². The van der Waals surface area contributed by atoms with E-state index in [-0.39, 0.29) is 17.1 Å². The zero-order valence-electron chi connectivity index (χ0n) is 8.37. The molecule has 2 radical (unpaired) electrons. The molecule has 0 bridgehead atoms. The van der Waals surface area contributed by atoms with Gasteiger partial charge < -0.3 is 9.80 Å². The van der Waals surface area contributed by atoms with Gasteiger partial charge in [-0.3, -0.25) is 0 Å². The second kappa shape index (κ2) is 22.6. The van der Waals surface area contributed by atoms with Crippen molar-refractivity contribution >= 4 is 0 Å². The first-order valence-corrected chi connectivity index (χ1v) is 3.29. The topological polar surface area (TPSA) is 85.2 Å². The van der Waals surface area contributed by atoms with Gasteiger partial charge in [-0.2, -0.15) is 0 Å². The van der Waals surface area contributed by atoms with Crippen LogP contribution in [0.2, 0.25) is 0 Å². The minimum Gasteiger partial charge on any atom is -0.308 e. The molecule has 0 aromatic heterocycles. The van der Waals surface area contributed by atoms with Gasteiger partial charge in [-0.25, -0.2) is 0 Å². The first kappa shape index (κ1) is 22.9. The summed E-state index contributed by atoms with van der Waals surface area (Å²) in [6.45, 7) is 2.29. The number of nitroso groups, excluding NO2 is 2. The molecular weight excluding hydrogens is 216 g/mol. The molecule has 7 heteroatoms. The van der Waals surface area contributed by atoms with Gasteiger partial charge in [0, 0.05) is 13.1 Å². The van der Waals surface area contributed by atoms with Crippen molar-refractivity contribution in [2.75, 3.05) is 41.3 Å². The zero-order valence-corrected chi connectivity index (χ0v) is 9.48. The SMILES string of the molecule is CN(C)CCN(C)C.[Fe+2].[N]=O.[N]=O. The first-order chi connectivity index (χ1) is 5.63. The van der Waals surface area contributed by atoms with Gasteiger partial charge >= 0.3 is 17.1 Å². The smallest absolute Gasteiger partial charge is 0.308 e. The molecule has 0 fully saturated rings. The Labute approximate surface area is 89.7 Å². The molecule has 0 amide bonds. The summed E-state index contributed by atoms with van der Waals surface area (Å²) in [5, 5.41) is 0. The van der Waals surface area contributed by atoms with Gasteiger partial charge in [0.05, 0.1) is 0 Å². The maximum Gasteiger partial charge on any atom is 2.00 e. The minimum absolute atomic E-state index is 0. The van der Waals surface area contributed by atoms with E-state index in [9.17, 15) is 0 Å². The van der Waals surface area contributed by atoms with Gasteiger partial charge in [-0.15, -0.1) is 9.81 Å². The van der Waals surface area contributed by atoms with E-state index < -0.39 is 0 Å². The fourth-order valence-corrected chi connectivity index (χ4v) is 0.400. The van der Waals surface area contributed by atoms with Crippen LogP contribution in [0.5, 0.6) is 0 Å². The van der Waals surface area contributed by atoms with Gasteiger partial charge in [0.1, 0.15) is 11.2 Å². The summed E-state index contributed by atoms with van der Waals surface area (Å²) >= 11 is 0. The van der Waals surface area contributed by atoms with Crippen LogP contribution < -0.4 is 11.2 Å². The molecule has 0 rings (SSSR count). The molecule has 6 nitrogen and oxygen atoms in total. The third-order valence-corrected chi connectivity index (χ3v) is 0.994. The molecule has 0 aliphatic carbocycles. The average Bonchev–Trinajstić information content (AvgIpc) is 2.08. The van der Waals surface area contributed by atoms with Crippen LogP contribution in [0.25, 0.3) is 0 Å². The van der Waals surface area contributed by atoms with Crippen LogP contribution in [0.15, 0.2) is 0 Å². The van der Waals surface area contributed by atoms with Crippen molar-refractivity contribution in [1.29, 1.82) is 0 Å². The quantitative estimate of drug-likeness (QED) is 0.597. The van der Waals surface area contributed by atoms with Crippen molar-refractivity contribution in [1.82, 2.24) is 21.0 Å². The predicted octanol–water partition coefficient (Wildman–Crippen LogP) is -0.787. The van der Waals surface area contributed by atoms with Gasteiger partial charge in [0.25, 0.3) is 0 Å². The summed E-state index contributed by atoms with van der Waals surface area (Å²) in [5.41, 5.74) is 11.5. The zero-order chi connectivity index (χ0) is 10.6. The summed E-state index contributed by atoms with van der Waals surface area (Å²) in [7, 11) is 8.35. The molecule has 13 heavy (non-hydrogen) atoms. The molecule has 0 unspecified atom stereocenters. The molecule has 0 heterocycles. The predicted molar refractivity (Wildman–Crippen MR) is 48.1 cm³/mol. The summed E-state index contributed by atoms with van der Waals surface area (Å²) < 4.78 is 0. The van der Waals surface area contributed by atoms with Gasteiger partial charge in [-0.05, 0) is 28.2 Å². The van der Waals surface area contributed by atoms with Crippen LogP contribution >= 0.6 is 0 Å². The molecule has 0 spiro atoms. The van der Waals surface area contributed by atoms with Crippen molar-refractivity contribution in [3.05, 3.63) is 9.81 Å². The molecule has 78 valence electrons. The Bertz CT molecular complexity index is 75.0. The van der Waals surface area contributed by atoms with Crippen molar-refractivity contribution < 1.29 is 17.1 Å². The van der Waals surface area contributed by atoms with E-state index >= 15 is 0 Å². The summed E-state index contributed by atoms with van der Waals surface area (Å²) in [5.74, 6) is 0. The largest absolute Gasteiger partial charge is 2.00 e. The van der Waals surface area contributed by atoms with E-state index in [0.717, 1.165) is 13.1 Å². The minimum atomic E-state index is 0. The Morgan fingerprint density at radius 2 is 0.923 bits per heavy atom. The summed E-state index contributed by atoms with van der Waals surface area (Å²) in [6.07, 6.45) is 0. The number of hydrogen-bond donors (Lipinski definition) is 0. The molecule has 0 aliphatic rings. The second-order valence-corrected chi connectivity index (χ2v) is 2.61. The third-order valence-electron chi connectivity index (χ3n) is 0.994. The maximum atomic E-state index is 7.25. The van der Waals surface area contributed by atoms with Crippen molar-refractivity contribution in [2.24, 2.45) is 0 Å². The molecule has 0 saturated heterocycles. The molecule has 0 aromatic carbocycles. The van der Waals surface area contributed by atoms with Gasteiger partial charge in [0.15, 0.2) is 0 Å². The van der Waals surface area contributed by atoms with Crippen LogP contribution in [0.1, 0.15) is 0 Å². The van der Waals surface area contributed by atoms with Crippen LogP contribution in [0.3, 0.4) is 0 Å². The number of nitrogens with zero attached hydrogens (tertiary/aromatic N) is 4. The maximum absolute atomic E-state index is 7.25. The van der Waals surface area contributed by atoms with E-state index in [0.29, 0.717) is 0 Å². The Kier molecular flexibility index (Phi) is 39.8. The average molecular weight is 232 g/mol. The molecule has 0 atom stereocenters. The fraction of sp³-hybridized carbons (Fsp3) is 1.00.